The second kappa shape index (κ2) is 9.28. The van der Waals surface area contributed by atoms with Crippen LogP contribution in [0.1, 0.15) is 29.1 Å². The van der Waals surface area contributed by atoms with Gasteiger partial charge in [-0.15, -0.1) is 11.3 Å². The lowest BCUT2D eigenvalue weighted by atomic mass is 10.0. The zero-order valence-electron chi connectivity index (χ0n) is 16.0. The van der Waals surface area contributed by atoms with Crippen molar-refractivity contribution in [3.8, 4) is 21.8 Å². The van der Waals surface area contributed by atoms with Gasteiger partial charge >= 0.3 is 5.97 Å². The van der Waals surface area contributed by atoms with Gasteiger partial charge in [-0.3, -0.25) is 9.59 Å². The predicted molar refractivity (Wildman–Crippen MR) is 113 cm³/mol. The highest BCUT2D eigenvalue weighted by Crippen LogP contribution is 2.22. The molecule has 150 valence electrons. The molecule has 0 aliphatic heterocycles. The molecule has 2 aromatic carbocycles. The van der Waals surface area contributed by atoms with Gasteiger partial charge in [-0.2, -0.15) is 4.98 Å². The molecule has 0 aliphatic carbocycles. The van der Waals surface area contributed by atoms with Crippen LogP contribution in [0.2, 0.25) is 0 Å². The summed E-state index contributed by atoms with van der Waals surface area (Å²) in [4.78, 5) is 29.4. The topological polar surface area (TPSA) is 82.3 Å². The minimum absolute atomic E-state index is 0.00874. The number of rotatable bonds is 8. The van der Waals surface area contributed by atoms with Crippen LogP contribution in [-0.2, 0) is 16.1 Å². The second-order valence-electron chi connectivity index (χ2n) is 6.52. The molecule has 0 saturated carbocycles. The summed E-state index contributed by atoms with van der Waals surface area (Å²) >= 11 is 1.49. The molecule has 6 nitrogen and oxygen atoms in total. The molecule has 30 heavy (non-hydrogen) atoms. The fourth-order valence-corrected chi connectivity index (χ4v) is 3.52. The highest BCUT2D eigenvalue weighted by atomic mass is 32.1. The molecule has 0 aliphatic rings. The summed E-state index contributed by atoms with van der Waals surface area (Å²) in [5, 5.41) is 5.77. The lowest BCUT2D eigenvalue weighted by Gasteiger charge is -2.05. The molecule has 0 amide bonds. The number of thiophene rings is 1. The Bertz CT molecular complexity index is 1120. The van der Waals surface area contributed by atoms with Crippen LogP contribution >= 0.6 is 11.3 Å². The Labute approximate surface area is 177 Å². The Balaban J connectivity index is 1.25. The molecule has 0 bridgehead atoms. The lowest BCUT2D eigenvalue weighted by Crippen LogP contribution is -2.08. The van der Waals surface area contributed by atoms with Gasteiger partial charge in [-0.05, 0) is 22.6 Å². The number of hydrogen-bond acceptors (Lipinski definition) is 7. The van der Waals surface area contributed by atoms with E-state index in [4.69, 9.17) is 9.26 Å². The van der Waals surface area contributed by atoms with E-state index in [2.05, 4.69) is 10.1 Å². The number of carbonyl (C=O) groups is 2. The molecule has 4 aromatic rings. The second-order valence-corrected chi connectivity index (χ2v) is 7.46. The van der Waals surface area contributed by atoms with Gasteiger partial charge in [0.25, 0.3) is 5.89 Å². The molecular weight excluding hydrogens is 400 g/mol. The monoisotopic (exact) mass is 418 g/mol. The first-order chi connectivity index (χ1) is 14.7. The number of hydrogen-bond donors (Lipinski definition) is 0. The summed E-state index contributed by atoms with van der Waals surface area (Å²) in [6.07, 6.45) is 0.0684. The molecule has 0 fully saturated rings. The normalized spacial score (nSPS) is 10.7. The predicted octanol–water partition coefficient (Wildman–Crippen LogP) is 5.17. The summed E-state index contributed by atoms with van der Waals surface area (Å²) in [6.45, 7) is -0.114. The zero-order chi connectivity index (χ0) is 20.8. The first kappa shape index (κ1) is 19.7. The van der Waals surface area contributed by atoms with E-state index >= 15 is 0 Å². The third-order valence-corrected chi connectivity index (χ3v) is 5.30. The van der Waals surface area contributed by atoms with Gasteiger partial charge in [0.1, 0.15) is 0 Å². The fourth-order valence-electron chi connectivity index (χ4n) is 2.87. The minimum atomic E-state index is -0.486. The van der Waals surface area contributed by atoms with Gasteiger partial charge in [0.05, 0.1) is 11.3 Å². The van der Waals surface area contributed by atoms with Crippen LogP contribution in [0.25, 0.3) is 21.8 Å². The van der Waals surface area contributed by atoms with Gasteiger partial charge in [0, 0.05) is 12.0 Å². The third-order valence-electron chi connectivity index (χ3n) is 4.44. The quantitative estimate of drug-likeness (QED) is 0.290. The van der Waals surface area contributed by atoms with Gasteiger partial charge in [-0.1, -0.05) is 65.8 Å². The van der Waals surface area contributed by atoms with Gasteiger partial charge in [0.2, 0.25) is 5.82 Å². The van der Waals surface area contributed by atoms with E-state index in [1.807, 2.05) is 60.0 Å². The number of carbonyl (C=O) groups excluding carboxylic acids is 2. The molecule has 0 atom stereocenters. The maximum atomic E-state index is 12.4. The van der Waals surface area contributed by atoms with Gasteiger partial charge in [-0.25, -0.2) is 0 Å². The third kappa shape index (κ3) is 4.87. The summed E-state index contributed by atoms with van der Waals surface area (Å²) in [5.74, 6) is 0.0872. The minimum Gasteiger partial charge on any atom is -0.456 e. The van der Waals surface area contributed by atoms with Crippen LogP contribution in [0.15, 0.2) is 76.6 Å². The molecule has 2 heterocycles. The van der Waals surface area contributed by atoms with E-state index in [1.165, 1.54) is 11.3 Å². The van der Waals surface area contributed by atoms with Crippen molar-refractivity contribution in [2.24, 2.45) is 0 Å². The van der Waals surface area contributed by atoms with Crippen molar-refractivity contribution in [1.82, 2.24) is 10.1 Å². The maximum absolute atomic E-state index is 12.4. The summed E-state index contributed by atoms with van der Waals surface area (Å²) in [7, 11) is 0. The van der Waals surface area contributed by atoms with Crippen molar-refractivity contribution >= 4 is 23.1 Å². The largest absolute Gasteiger partial charge is 0.456 e. The van der Waals surface area contributed by atoms with Crippen LogP contribution in [-0.4, -0.2) is 21.9 Å². The summed E-state index contributed by atoms with van der Waals surface area (Å²) in [5.41, 5.74) is 2.69. The highest BCUT2D eigenvalue weighted by Gasteiger charge is 2.14. The number of benzene rings is 2. The number of ether oxygens (including phenoxy) is 1. The van der Waals surface area contributed by atoms with Crippen molar-refractivity contribution in [3.63, 3.8) is 0 Å². The van der Waals surface area contributed by atoms with Gasteiger partial charge < -0.3 is 9.26 Å². The van der Waals surface area contributed by atoms with E-state index in [-0.39, 0.29) is 31.1 Å². The highest BCUT2D eigenvalue weighted by molar-refractivity contribution is 7.13. The molecule has 0 N–H and O–H groups in total. The smallest absolute Gasteiger partial charge is 0.306 e. The summed E-state index contributed by atoms with van der Waals surface area (Å²) < 4.78 is 10.2. The van der Waals surface area contributed by atoms with Crippen LogP contribution in [0, 0.1) is 0 Å². The SMILES string of the molecule is O=C(CCC(=O)c1ccc(-c2ccccc2)cc1)OCc1nc(-c2cccs2)no1. The Morgan fingerprint density at radius 1 is 0.900 bits per heavy atom. The van der Waals surface area contributed by atoms with Crippen molar-refractivity contribution < 1.29 is 18.8 Å². The van der Waals surface area contributed by atoms with Crippen LogP contribution < -0.4 is 0 Å². The number of aromatic nitrogens is 2. The molecule has 4 rings (SSSR count). The number of Topliss-reactive ketones (excluding diaryl/α,β-unsaturated/α-hetero) is 1. The first-order valence-electron chi connectivity index (χ1n) is 9.40. The van der Waals surface area contributed by atoms with Gasteiger partial charge in [0.15, 0.2) is 12.4 Å². The van der Waals surface area contributed by atoms with E-state index in [0.717, 1.165) is 16.0 Å². The van der Waals surface area contributed by atoms with Crippen LogP contribution in [0.4, 0.5) is 0 Å². The van der Waals surface area contributed by atoms with Crippen molar-refractivity contribution in [1.29, 1.82) is 0 Å². The van der Waals surface area contributed by atoms with Crippen LogP contribution in [0.5, 0.6) is 0 Å². The Morgan fingerprint density at radius 3 is 2.40 bits per heavy atom. The molecule has 7 heteroatoms. The average molecular weight is 418 g/mol. The Hall–Kier alpha value is -3.58. The lowest BCUT2D eigenvalue weighted by molar-refractivity contribution is -0.145. The molecule has 0 saturated heterocycles. The molecule has 0 radical (unpaired) electrons. The van der Waals surface area contributed by atoms with E-state index in [0.29, 0.717) is 11.4 Å². The number of esters is 1. The molecule has 0 unspecified atom stereocenters. The fraction of sp³-hybridized carbons (Fsp3) is 0.130. The molecular formula is C23H18N2O4S. The average Bonchev–Trinajstić information content (AvgIpc) is 3.49. The van der Waals surface area contributed by atoms with E-state index in [1.54, 1.807) is 12.1 Å². The molecule has 0 spiro atoms. The maximum Gasteiger partial charge on any atom is 0.306 e. The first-order valence-corrected chi connectivity index (χ1v) is 10.3. The number of ketones is 1. The molecule has 2 aromatic heterocycles. The Kier molecular flexibility index (Phi) is 6.10. The standard InChI is InChI=1S/C23H18N2O4S/c26-19(18-10-8-17(9-11-18)16-5-2-1-3-6-16)12-13-22(27)28-15-21-24-23(25-29-21)20-7-4-14-30-20/h1-11,14H,12-13,15H2. The van der Waals surface area contributed by atoms with Crippen molar-refractivity contribution in [2.75, 3.05) is 0 Å². The Morgan fingerprint density at radius 2 is 1.67 bits per heavy atom. The summed E-state index contributed by atoms with van der Waals surface area (Å²) in [6, 6.07) is 21.1. The van der Waals surface area contributed by atoms with E-state index in [9.17, 15) is 9.59 Å². The zero-order valence-corrected chi connectivity index (χ0v) is 16.8. The van der Waals surface area contributed by atoms with Crippen LogP contribution in [0.3, 0.4) is 0 Å². The van der Waals surface area contributed by atoms with Crippen molar-refractivity contribution in [2.45, 2.75) is 19.4 Å². The number of nitrogens with zero attached hydrogens (tertiary/aromatic N) is 2. The van der Waals surface area contributed by atoms with Crippen molar-refractivity contribution in [3.05, 3.63) is 83.6 Å². The van der Waals surface area contributed by atoms with E-state index < -0.39 is 5.97 Å².